The fraction of sp³-hybridized carbons (Fsp3) is 0.154. The van der Waals surface area contributed by atoms with Crippen LogP contribution in [0.4, 0.5) is 13.2 Å². The Morgan fingerprint density at radius 1 is 1.18 bits per heavy atom. The first kappa shape index (κ1) is 14.6. The van der Waals surface area contributed by atoms with E-state index >= 15 is 0 Å². The second-order valence-corrected chi connectivity index (χ2v) is 4.83. The monoisotopic (exact) mass is 328 g/mol. The summed E-state index contributed by atoms with van der Waals surface area (Å²) >= 11 is 6.02. The Balaban J connectivity index is 1.92. The van der Waals surface area contributed by atoms with E-state index in [1.807, 2.05) is 0 Å². The molecule has 0 fully saturated rings. The zero-order chi connectivity index (χ0) is 15.9. The van der Waals surface area contributed by atoms with Gasteiger partial charge in [-0.05, 0) is 12.1 Å². The van der Waals surface area contributed by atoms with Crippen molar-refractivity contribution in [3.63, 3.8) is 0 Å². The zero-order valence-corrected chi connectivity index (χ0v) is 11.9. The minimum absolute atomic E-state index is 0.146. The summed E-state index contributed by atoms with van der Waals surface area (Å²) in [4.78, 5) is 4.12. The van der Waals surface area contributed by atoms with E-state index in [1.54, 1.807) is 7.05 Å². The van der Waals surface area contributed by atoms with Gasteiger partial charge < -0.3 is 4.52 Å². The SMILES string of the molecule is Cn1ncc(-c2nc(-c3ccc(C(F)(F)F)cc3)no2)c1Cl. The van der Waals surface area contributed by atoms with Crippen LogP contribution in [0, 0.1) is 0 Å². The molecule has 2 aromatic heterocycles. The molecule has 0 saturated carbocycles. The summed E-state index contributed by atoms with van der Waals surface area (Å²) in [6.07, 6.45) is -2.92. The average molecular weight is 329 g/mol. The van der Waals surface area contributed by atoms with Gasteiger partial charge in [0.1, 0.15) is 5.15 Å². The van der Waals surface area contributed by atoms with Crippen LogP contribution in [0.3, 0.4) is 0 Å². The maximum atomic E-state index is 12.5. The summed E-state index contributed by atoms with van der Waals surface area (Å²) < 4.78 is 44.1. The molecule has 0 aliphatic carbocycles. The van der Waals surface area contributed by atoms with Crippen LogP contribution >= 0.6 is 11.6 Å². The second kappa shape index (κ2) is 5.13. The fourth-order valence-corrected chi connectivity index (χ4v) is 2.00. The lowest BCUT2D eigenvalue weighted by Gasteiger charge is -2.05. The second-order valence-electron chi connectivity index (χ2n) is 4.47. The largest absolute Gasteiger partial charge is 0.416 e. The highest BCUT2D eigenvalue weighted by Gasteiger charge is 2.30. The molecule has 114 valence electrons. The van der Waals surface area contributed by atoms with Crippen molar-refractivity contribution in [2.24, 2.45) is 7.05 Å². The number of alkyl halides is 3. The Hall–Kier alpha value is -2.35. The van der Waals surface area contributed by atoms with Crippen molar-refractivity contribution < 1.29 is 17.7 Å². The first-order valence-corrected chi connectivity index (χ1v) is 6.43. The van der Waals surface area contributed by atoms with Gasteiger partial charge in [-0.3, -0.25) is 4.68 Å². The minimum Gasteiger partial charge on any atom is -0.333 e. The van der Waals surface area contributed by atoms with E-state index in [1.165, 1.54) is 23.0 Å². The molecule has 9 heteroatoms. The molecule has 0 N–H and O–H groups in total. The number of rotatable bonds is 2. The van der Waals surface area contributed by atoms with Gasteiger partial charge in [-0.2, -0.15) is 23.3 Å². The van der Waals surface area contributed by atoms with E-state index in [4.69, 9.17) is 16.1 Å². The van der Waals surface area contributed by atoms with Crippen LogP contribution in [0.25, 0.3) is 22.8 Å². The summed E-state index contributed by atoms with van der Waals surface area (Å²) in [6, 6.07) is 4.48. The van der Waals surface area contributed by atoms with Crippen LogP contribution < -0.4 is 0 Å². The Kier molecular flexibility index (Phi) is 3.40. The van der Waals surface area contributed by atoms with Gasteiger partial charge >= 0.3 is 6.18 Å². The summed E-state index contributed by atoms with van der Waals surface area (Å²) in [5.74, 6) is 0.316. The lowest BCUT2D eigenvalue weighted by atomic mass is 10.1. The highest BCUT2D eigenvalue weighted by molar-refractivity contribution is 6.32. The highest BCUT2D eigenvalue weighted by atomic mass is 35.5. The lowest BCUT2D eigenvalue weighted by Crippen LogP contribution is -2.04. The van der Waals surface area contributed by atoms with Crippen molar-refractivity contribution in [1.82, 2.24) is 19.9 Å². The van der Waals surface area contributed by atoms with E-state index in [9.17, 15) is 13.2 Å². The molecule has 3 aromatic rings. The van der Waals surface area contributed by atoms with E-state index in [0.717, 1.165) is 12.1 Å². The molecule has 0 amide bonds. The molecule has 1 aromatic carbocycles. The van der Waals surface area contributed by atoms with Crippen molar-refractivity contribution >= 4 is 11.6 Å². The van der Waals surface area contributed by atoms with Crippen molar-refractivity contribution in [3.05, 3.63) is 41.2 Å². The summed E-state index contributed by atoms with van der Waals surface area (Å²) in [5.41, 5.74) is 0.119. The number of hydrogen-bond acceptors (Lipinski definition) is 4. The average Bonchev–Trinajstić information content (AvgIpc) is 3.07. The van der Waals surface area contributed by atoms with Crippen LogP contribution in [0.1, 0.15) is 5.56 Å². The number of hydrogen-bond donors (Lipinski definition) is 0. The first-order chi connectivity index (χ1) is 10.4. The maximum Gasteiger partial charge on any atom is 0.416 e. The van der Waals surface area contributed by atoms with Crippen molar-refractivity contribution in [3.8, 4) is 22.8 Å². The summed E-state index contributed by atoms with van der Waals surface area (Å²) in [6.45, 7) is 0. The van der Waals surface area contributed by atoms with Crippen molar-refractivity contribution in [2.45, 2.75) is 6.18 Å². The highest BCUT2D eigenvalue weighted by Crippen LogP contribution is 2.31. The van der Waals surface area contributed by atoms with Crippen LogP contribution in [0.2, 0.25) is 5.15 Å². The number of halogens is 4. The molecule has 0 aliphatic rings. The third kappa shape index (κ3) is 2.57. The third-order valence-corrected chi connectivity index (χ3v) is 3.44. The molecule has 2 heterocycles. The van der Waals surface area contributed by atoms with Crippen LogP contribution in [0.5, 0.6) is 0 Å². The Morgan fingerprint density at radius 3 is 2.41 bits per heavy atom. The molecule has 3 rings (SSSR count). The molecule has 0 atom stereocenters. The molecule has 0 unspecified atom stereocenters. The molecule has 0 bridgehead atoms. The van der Waals surface area contributed by atoms with Gasteiger partial charge in [-0.1, -0.05) is 28.9 Å². The predicted octanol–water partition coefficient (Wildman–Crippen LogP) is 3.81. The first-order valence-electron chi connectivity index (χ1n) is 6.05. The van der Waals surface area contributed by atoms with Gasteiger partial charge in [0.25, 0.3) is 5.89 Å². The van der Waals surface area contributed by atoms with Crippen LogP contribution in [0.15, 0.2) is 35.0 Å². The van der Waals surface area contributed by atoms with Gasteiger partial charge in [-0.25, -0.2) is 0 Å². The molecule has 5 nitrogen and oxygen atoms in total. The Labute approximate surface area is 127 Å². The van der Waals surface area contributed by atoms with E-state index in [0.29, 0.717) is 16.3 Å². The van der Waals surface area contributed by atoms with E-state index < -0.39 is 11.7 Å². The van der Waals surface area contributed by atoms with E-state index in [2.05, 4.69) is 15.2 Å². The van der Waals surface area contributed by atoms with E-state index in [-0.39, 0.29) is 11.7 Å². The number of nitrogens with zero attached hydrogens (tertiary/aromatic N) is 4. The molecular weight excluding hydrogens is 321 g/mol. The normalized spacial score (nSPS) is 11.9. The molecule has 0 aliphatic heterocycles. The smallest absolute Gasteiger partial charge is 0.333 e. The molecular formula is C13H8ClF3N4O. The standard InChI is InChI=1S/C13H8ClF3N4O/c1-21-10(14)9(6-18-21)12-19-11(20-22-12)7-2-4-8(5-3-7)13(15,16)17/h2-6H,1H3. The van der Waals surface area contributed by atoms with Gasteiger partial charge in [0.2, 0.25) is 5.82 Å². The number of aromatic nitrogens is 4. The van der Waals surface area contributed by atoms with Gasteiger partial charge in [0, 0.05) is 12.6 Å². The Bertz CT molecular complexity index is 808. The summed E-state index contributed by atoms with van der Waals surface area (Å²) in [7, 11) is 1.65. The third-order valence-electron chi connectivity index (χ3n) is 2.99. The molecule has 0 spiro atoms. The molecule has 22 heavy (non-hydrogen) atoms. The minimum atomic E-state index is -4.38. The van der Waals surface area contributed by atoms with Crippen molar-refractivity contribution in [2.75, 3.05) is 0 Å². The van der Waals surface area contributed by atoms with Crippen molar-refractivity contribution in [1.29, 1.82) is 0 Å². The topological polar surface area (TPSA) is 56.7 Å². The number of aryl methyl sites for hydroxylation is 1. The number of benzene rings is 1. The quantitative estimate of drug-likeness (QED) is 0.718. The van der Waals surface area contributed by atoms with Gasteiger partial charge in [-0.15, -0.1) is 0 Å². The Morgan fingerprint density at radius 2 is 1.86 bits per heavy atom. The maximum absolute atomic E-state index is 12.5. The zero-order valence-electron chi connectivity index (χ0n) is 11.1. The van der Waals surface area contributed by atoms with Crippen LogP contribution in [-0.4, -0.2) is 19.9 Å². The fourth-order valence-electron chi connectivity index (χ4n) is 1.82. The molecule has 0 radical (unpaired) electrons. The van der Waals surface area contributed by atoms with Gasteiger partial charge in [0.05, 0.1) is 17.3 Å². The molecule has 0 saturated heterocycles. The predicted molar refractivity (Wildman–Crippen MR) is 71.9 cm³/mol. The summed E-state index contributed by atoms with van der Waals surface area (Å²) in [5, 5.41) is 8.01. The van der Waals surface area contributed by atoms with Gasteiger partial charge in [0.15, 0.2) is 0 Å². The lowest BCUT2D eigenvalue weighted by molar-refractivity contribution is -0.137. The van der Waals surface area contributed by atoms with Crippen LogP contribution in [-0.2, 0) is 13.2 Å².